The van der Waals surface area contributed by atoms with Crippen LogP contribution < -0.4 is 0 Å². The number of aromatic nitrogens is 2. The summed E-state index contributed by atoms with van der Waals surface area (Å²) in [5.41, 5.74) is 1.74. The monoisotopic (exact) mass is 268 g/mol. The minimum absolute atomic E-state index is 0.567. The third-order valence-electron chi connectivity index (χ3n) is 3.26. The minimum atomic E-state index is -0.567. The molecule has 0 aliphatic rings. The van der Waals surface area contributed by atoms with Crippen molar-refractivity contribution in [2.75, 3.05) is 0 Å². The molecule has 2 aromatic heterocycles. The summed E-state index contributed by atoms with van der Waals surface area (Å²) in [7, 11) is 0. The Morgan fingerprint density at radius 1 is 1.10 bits per heavy atom. The van der Waals surface area contributed by atoms with Crippen LogP contribution in [-0.4, -0.2) is 14.9 Å². The number of benzene rings is 1. The molecule has 0 aliphatic carbocycles. The molecule has 2 heterocycles. The van der Waals surface area contributed by atoms with Gasteiger partial charge in [-0.15, -0.1) is 0 Å². The van der Waals surface area contributed by atoms with Gasteiger partial charge in [-0.25, -0.2) is 4.68 Å². The number of hydrogen-bond acceptors (Lipinski definition) is 3. The van der Waals surface area contributed by atoms with Crippen LogP contribution in [0.5, 0.6) is 0 Å². The summed E-state index contributed by atoms with van der Waals surface area (Å²) in [6, 6.07) is 15.4. The molecule has 20 heavy (non-hydrogen) atoms. The lowest BCUT2D eigenvalue weighted by Crippen LogP contribution is -2.08. The largest absolute Gasteiger partial charge is 0.469 e. The first-order valence-corrected chi connectivity index (χ1v) is 6.64. The molecule has 4 heteroatoms. The van der Waals surface area contributed by atoms with Crippen LogP contribution in [0.3, 0.4) is 0 Å². The number of nitrogens with zero attached hydrogens (tertiary/aromatic N) is 2. The number of hydrogen-bond donors (Lipinski definition) is 1. The van der Waals surface area contributed by atoms with Crippen molar-refractivity contribution in [3.63, 3.8) is 0 Å². The van der Waals surface area contributed by atoms with Gasteiger partial charge in [-0.05, 0) is 36.8 Å². The van der Waals surface area contributed by atoms with E-state index in [1.54, 1.807) is 17.1 Å². The molecule has 1 N–H and O–H groups in total. The third kappa shape index (κ3) is 2.65. The third-order valence-corrected chi connectivity index (χ3v) is 3.26. The molecule has 3 rings (SSSR count). The molecule has 4 nitrogen and oxygen atoms in total. The lowest BCUT2D eigenvalue weighted by molar-refractivity contribution is 0.158. The van der Waals surface area contributed by atoms with Crippen LogP contribution in [0.15, 0.2) is 65.4 Å². The van der Waals surface area contributed by atoms with Crippen molar-refractivity contribution in [3.05, 3.63) is 72.4 Å². The molecule has 102 valence electrons. The average molecular weight is 268 g/mol. The van der Waals surface area contributed by atoms with Crippen molar-refractivity contribution in [3.8, 4) is 5.69 Å². The van der Waals surface area contributed by atoms with E-state index in [0.29, 0.717) is 12.8 Å². The predicted molar refractivity (Wildman–Crippen MR) is 75.6 cm³/mol. The van der Waals surface area contributed by atoms with Gasteiger partial charge in [-0.3, -0.25) is 0 Å². The van der Waals surface area contributed by atoms with Crippen LogP contribution in [0.1, 0.15) is 24.0 Å². The minimum Gasteiger partial charge on any atom is -0.469 e. The molecule has 1 atom stereocenters. The first-order chi connectivity index (χ1) is 9.84. The topological polar surface area (TPSA) is 51.2 Å². The summed E-state index contributed by atoms with van der Waals surface area (Å²) in [5.74, 6) is 0.884. The second kappa shape index (κ2) is 5.75. The fraction of sp³-hybridized carbons (Fsp3) is 0.188. The van der Waals surface area contributed by atoms with Gasteiger partial charge >= 0.3 is 0 Å². The van der Waals surface area contributed by atoms with Crippen molar-refractivity contribution in [1.82, 2.24) is 9.78 Å². The fourth-order valence-corrected chi connectivity index (χ4v) is 2.23. The fourth-order valence-electron chi connectivity index (χ4n) is 2.23. The Bertz CT molecular complexity index is 644. The van der Waals surface area contributed by atoms with E-state index >= 15 is 0 Å². The molecule has 0 bridgehead atoms. The van der Waals surface area contributed by atoms with Crippen LogP contribution in [-0.2, 0) is 6.42 Å². The molecule has 0 amide bonds. The van der Waals surface area contributed by atoms with E-state index in [0.717, 1.165) is 17.1 Å². The smallest absolute Gasteiger partial charge is 0.103 e. The summed E-state index contributed by atoms with van der Waals surface area (Å²) in [6.07, 6.45) is 4.09. The van der Waals surface area contributed by atoms with Crippen molar-refractivity contribution >= 4 is 0 Å². The Hall–Kier alpha value is -2.33. The number of rotatable bonds is 5. The van der Waals surface area contributed by atoms with Crippen molar-refractivity contribution in [1.29, 1.82) is 0 Å². The Morgan fingerprint density at radius 2 is 1.95 bits per heavy atom. The van der Waals surface area contributed by atoms with E-state index < -0.39 is 6.10 Å². The second-order valence-electron chi connectivity index (χ2n) is 4.64. The zero-order valence-electron chi connectivity index (χ0n) is 11.0. The van der Waals surface area contributed by atoms with E-state index in [4.69, 9.17) is 4.42 Å². The zero-order valence-corrected chi connectivity index (χ0v) is 11.0. The molecular weight excluding hydrogens is 252 g/mol. The number of aryl methyl sites for hydroxylation is 1. The van der Waals surface area contributed by atoms with Gasteiger partial charge in [0.1, 0.15) is 5.76 Å². The van der Waals surface area contributed by atoms with E-state index in [2.05, 4.69) is 5.10 Å². The normalized spacial score (nSPS) is 12.4. The lowest BCUT2D eigenvalue weighted by Gasteiger charge is -2.12. The Kier molecular flexibility index (Phi) is 3.65. The highest BCUT2D eigenvalue weighted by molar-refractivity contribution is 5.32. The van der Waals surface area contributed by atoms with Gasteiger partial charge in [0.25, 0.3) is 0 Å². The molecule has 1 aromatic carbocycles. The molecule has 0 fully saturated rings. The quantitative estimate of drug-likeness (QED) is 0.773. The standard InChI is InChI=1S/C16H16N2O2/c19-16(9-8-14-7-4-12-20-14)15-10-11-17-18(15)13-5-2-1-3-6-13/h1-7,10-12,16,19H,8-9H2. The van der Waals surface area contributed by atoms with Crippen molar-refractivity contribution in [2.45, 2.75) is 18.9 Å². The van der Waals surface area contributed by atoms with E-state index in [1.807, 2.05) is 48.5 Å². The highest BCUT2D eigenvalue weighted by atomic mass is 16.3. The molecule has 0 radical (unpaired) electrons. The molecule has 1 unspecified atom stereocenters. The maximum Gasteiger partial charge on any atom is 0.103 e. The van der Waals surface area contributed by atoms with E-state index in [1.165, 1.54) is 0 Å². The highest BCUT2D eigenvalue weighted by Gasteiger charge is 2.14. The molecule has 3 aromatic rings. The molecule has 0 spiro atoms. The molecule has 0 saturated carbocycles. The van der Waals surface area contributed by atoms with Gasteiger partial charge in [-0.2, -0.15) is 5.10 Å². The Morgan fingerprint density at radius 3 is 2.70 bits per heavy atom. The zero-order chi connectivity index (χ0) is 13.8. The Balaban J connectivity index is 1.75. The number of aliphatic hydroxyl groups is 1. The average Bonchev–Trinajstić information content (AvgIpc) is 3.17. The highest BCUT2D eigenvalue weighted by Crippen LogP contribution is 2.21. The van der Waals surface area contributed by atoms with E-state index in [-0.39, 0.29) is 0 Å². The summed E-state index contributed by atoms with van der Waals surface area (Å²) in [6.45, 7) is 0. The van der Waals surface area contributed by atoms with Crippen molar-refractivity contribution in [2.24, 2.45) is 0 Å². The van der Waals surface area contributed by atoms with Crippen LogP contribution in [0, 0.1) is 0 Å². The van der Waals surface area contributed by atoms with Crippen LogP contribution in [0.4, 0.5) is 0 Å². The number of furan rings is 1. The van der Waals surface area contributed by atoms with Gasteiger partial charge in [0, 0.05) is 12.6 Å². The predicted octanol–water partition coefficient (Wildman–Crippen LogP) is 3.13. The van der Waals surface area contributed by atoms with Gasteiger partial charge in [-0.1, -0.05) is 18.2 Å². The van der Waals surface area contributed by atoms with Crippen LogP contribution >= 0.6 is 0 Å². The summed E-state index contributed by atoms with van der Waals surface area (Å²) >= 11 is 0. The molecule has 0 aliphatic heterocycles. The second-order valence-corrected chi connectivity index (χ2v) is 4.64. The summed E-state index contributed by atoms with van der Waals surface area (Å²) in [4.78, 5) is 0. The van der Waals surface area contributed by atoms with Crippen LogP contribution in [0.2, 0.25) is 0 Å². The lowest BCUT2D eigenvalue weighted by atomic mass is 10.1. The van der Waals surface area contributed by atoms with Gasteiger partial charge in [0.2, 0.25) is 0 Å². The first-order valence-electron chi connectivity index (χ1n) is 6.64. The number of para-hydroxylation sites is 1. The summed E-state index contributed by atoms with van der Waals surface area (Å²) < 4.78 is 7.05. The molecule has 0 saturated heterocycles. The maximum absolute atomic E-state index is 10.3. The van der Waals surface area contributed by atoms with Gasteiger partial charge in [0.15, 0.2) is 0 Å². The maximum atomic E-state index is 10.3. The van der Waals surface area contributed by atoms with Crippen molar-refractivity contribution < 1.29 is 9.52 Å². The SMILES string of the molecule is OC(CCc1ccco1)c1ccnn1-c1ccccc1. The van der Waals surface area contributed by atoms with Gasteiger partial charge in [0.05, 0.1) is 23.7 Å². The van der Waals surface area contributed by atoms with E-state index in [9.17, 15) is 5.11 Å². The van der Waals surface area contributed by atoms with Gasteiger partial charge < -0.3 is 9.52 Å². The Labute approximate surface area is 117 Å². The number of aliphatic hydroxyl groups excluding tert-OH is 1. The summed E-state index contributed by atoms with van der Waals surface area (Å²) in [5, 5.41) is 14.6. The first kappa shape index (κ1) is 12.7. The van der Waals surface area contributed by atoms with Crippen LogP contribution in [0.25, 0.3) is 5.69 Å². The molecular formula is C16H16N2O2.